The molecule has 1 heterocycles. The molecule has 1 aromatic heterocycles. The van der Waals surface area contributed by atoms with Gasteiger partial charge in [0, 0.05) is 0 Å². The maximum atomic E-state index is 11.0. The molecule has 0 saturated heterocycles. The fraction of sp³-hybridized carbons (Fsp3) is 0.143. The van der Waals surface area contributed by atoms with Gasteiger partial charge in [0.25, 0.3) is 0 Å². The van der Waals surface area contributed by atoms with Gasteiger partial charge in [-0.1, -0.05) is 0 Å². The second-order valence-corrected chi connectivity index (χ2v) is 2.16. The number of hydroxylamine groups is 1. The van der Waals surface area contributed by atoms with Crippen molar-refractivity contribution in [3.05, 3.63) is 24.2 Å². The number of carbonyl (C=O) groups excluding carboxylic acids is 2. The normalized spacial score (nSPS) is 9.54. The Balaban J connectivity index is 2.31. The molecule has 1 rings (SSSR count). The average Bonchev–Trinajstić information content (AvgIpc) is 2.55. The molecule has 2 amide bonds. The minimum Gasteiger partial charge on any atom is -0.459 e. The third-order valence-electron chi connectivity index (χ3n) is 1.12. The van der Waals surface area contributed by atoms with Crippen molar-refractivity contribution in [3.8, 4) is 0 Å². The van der Waals surface area contributed by atoms with E-state index >= 15 is 0 Å². The quantitative estimate of drug-likeness (QED) is 0.612. The van der Waals surface area contributed by atoms with Crippen LogP contribution in [0.15, 0.2) is 22.8 Å². The number of rotatable bonds is 4. The van der Waals surface area contributed by atoms with Gasteiger partial charge in [-0.15, -0.1) is 0 Å². The number of primary amides is 1. The van der Waals surface area contributed by atoms with Gasteiger partial charge >= 0.3 is 5.91 Å². The molecule has 0 unspecified atom stereocenters. The summed E-state index contributed by atoms with van der Waals surface area (Å²) in [5, 5.41) is 0. The van der Waals surface area contributed by atoms with Crippen molar-refractivity contribution >= 4 is 11.8 Å². The van der Waals surface area contributed by atoms with E-state index < -0.39 is 11.8 Å². The molecule has 3 N–H and O–H groups in total. The van der Waals surface area contributed by atoms with Crippen LogP contribution in [0.4, 0.5) is 0 Å². The fourth-order valence-electron chi connectivity index (χ4n) is 0.631. The number of hydrogen-bond acceptors (Lipinski definition) is 4. The van der Waals surface area contributed by atoms with Gasteiger partial charge in [0.15, 0.2) is 12.4 Å². The third kappa shape index (κ3) is 2.96. The molecular weight excluding hydrogens is 176 g/mol. The smallest absolute Gasteiger partial charge is 0.310 e. The first-order chi connectivity index (χ1) is 6.20. The van der Waals surface area contributed by atoms with E-state index in [-0.39, 0.29) is 12.4 Å². The standard InChI is InChI=1S/C7H8N2O4/c8-6(10)4-13-9-7(11)5-2-1-3-12-5/h1-3H,4H2,(H2,8,10)(H,9,11). The summed E-state index contributed by atoms with van der Waals surface area (Å²) in [5.41, 5.74) is 6.74. The van der Waals surface area contributed by atoms with Crippen LogP contribution in [0.5, 0.6) is 0 Å². The van der Waals surface area contributed by atoms with Gasteiger partial charge in [-0.3, -0.25) is 14.4 Å². The minimum absolute atomic E-state index is 0.101. The van der Waals surface area contributed by atoms with Crippen LogP contribution in [0.2, 0.25) is 0 Å². The Morgan fingerprint density at radius 2 is 2.38 bits per heavy atom. The maximum absolute atomic E-state index is 11.0. The lowest BCUT2D eigenvalue weighted by atomic mass is 10.4. The van der Waals surface area contributed by atoms with Gasteiger partial charge in [-0.25, -0.2) is 5.48 Å². The van der Waals surface area contributed by atoms with Gasteiger partial charge in [0.2, 0.25) is 5.91 Å². The van der Waals surface area contributed by atoms with Gasteiger partial charge in [0.05, 0.1) is 6.26 Å². The summed E-state index contributed by atoms with van der Waals surface area (Å²) in [6, 6.07) is 3.02. The summed E-state index contributed by atoms with van der Waals surface area (Å²) in [4.78, 5) is 25.6. The van der Waals surface area contributed by atoms with Gasteiger partial charge in [-0.05, 0) is 12.1 Å². The van der Waals surface area contributed by atoms with Crippen molar-refractivity contribution < 1.29 is 18.8 Å². The van der Waals surface area contributed by atoms with E-state index in [9.17, 15) is 9.59 Å². The van der Waals surface area contributed by atoms with Crippen LogP contribution in [0.1, 0.15) is 10.6 Å². The van der Waals surface area contributed by atoms with Gasteiger partial charge in [-0.2, -0.15) is 0 Å². The lowest BCUT2D eigenvalue weighted by molar-refractivity contribution is -0.124. The van der Waals surface area contributed by atoms with E-state index in [1.165, 1.54) is 12.3 Å². The zero-order valence-electron chi connectivity index (χ0n) is 6.65. The molecule has 6 heteroatoms. The van der Waals surface area contributed by atoms with Crippen LogP contribution in [0.25, 0.3) is 0 Å². The van der Waals surface area contributed by atoms with E-state index in [2.05, 4.69) is 4.84 Å². The molecule has 13 heavy (non-hydrogen) atoms. The van der Waals surface area contributed by atoms with Gasteiger partial charge < -0.3 is 10.2 Å². The molecule has 0 aliphatic carbocycles. The van der Waals surface area contributed by atoms with Crippen LogP contribution >= 0.6 is 0 Å². The third-order valence-corrected chi connectivity index (χ3v) is 1.12. The largest absolute Gasteiger partial charge is 0.459 e. The molecule has 0 bridgehead atoms. The first-order valence-electron chi connectivity index (χ1n) is 3.44. The minimum atomic E-state index is -0.667. The first kappa shape index (κ1) is 9.27. The molecule has 0 radical (unpaired) electrons. The summed E-state index contributed by atoms with van der Waals surface area (Å²) in [7, 11) is 0. The van der Waals surface area contributed by atoms with E-state index in [0.717, 1.165) is 0 Å². The molecular formula is C7H8N2O4. The Hall–Kier alpha value is -1.82. The highest BCUT2D eigenvalue weighted by molar-refractivity contribution is 5.90. The Morgan fingerprint density at radius 3 is 2.92 bits per heavy atom. The maximum Gasteiger partial charge on any atom is 0.310 e. The van der Waals surface area contributed by atoms with Crippen LogP contribution < -0.4 is 11.2 Å². The Bertz CT molecular complexity index is 293. The van der Waals surface area contributed by atoms with Crippen molar-refractivity contribution in [2.45, 2.75) is 0 Å². The average molecular weight is 184 g/mol. The number of nitrogens with one attached hydrogen (secondary N) is 1. The Kier molecular flexibility index (Phi) is 3.04. The number of carbonyl (C=O) groups is 2. The summed E-state index contributed by atoms with van der Waals surface area (Å²) < 4.78 is 4.74. The second kappa shape index (κ2) is 4.27. The van der Waals surface area contributed by atoms with E-state index in [1.54, 1.807) is 6.07 Å². The molecule has 0 fully saturated rings. The lowest BCUT2D eigenvalue weighted by Gasteiger charge is -2.00. The molecule has 1 aromatic rings. The fourth-order valence-corrected chi connectivity index (χ4v) is 0.631. The summed E-state index contributed by atoms with van der Waals surface area (Å²) >= 11 is 0. The molecule has 0 aliphatic rings. The van der Waals surface area contributed by atoms with E-state index in [0.29, 0.717) is 0 Å². The second-order valence-electron chi connectivity index (χ2n) is 2.16. The summed E-state index contributed by atoms with van der Waals surface area (Å²) in [5.74, 6) is -1.13. The number of nitrogens with two attached hydrogens (primary N) is 1. The monoisotopic (exact) mass is 184 g/mol. The molecule has 0 atom stereocenters. The number of furan rings is 1. The first-order valence-corrected chi connectivity index (χ1v) is 3.44. The molecule has 0 aliphatic heterocycles. The van der Waals surface area contributed by atoms with Crippen molar-refractivity contribution in [2.24, 2.45) is 5.73 Å². The SMILES string of the molecule is NC(=O)CONC(=O)c1ccco1. The zero-order chi connectivity index (χ0) is 9.68. The molecule has 0 spiro atoms. The molecule has 6 nitrogen and oxygen atoms in total. The van der Waals surface area contributed by atoms with Crippen LogP contribution in [-0.4, -0.2) is 18.4 Å². The van der Waals surface area contributed by atoms with Crippen molar-refractivity contribution in [3.63, 3.8) is 0 Å². The van der Waals surface area contributed by atoms with Gasteiger partial charge in [0.1, 0.15) is 0 Å². The highest BCUT2D eigenvalue weighted by Crippen LogP contribution is 1.98. The topological polar surface area (TPSA) is 94.6 Å². The molecule has 0 aromatic carbocycles. The Labute approximate surface area is 73.6 Å². The summed E-state index contributed by atoms with van der Waals surface area (Å²) in [6.07, 6.45) is 1.35. The summed E-state index contributed by atoms with van der Waals surface area (Å²) in [6.45, 7) is -0.369. The van der Waals surface area contributed by atoms with Crippen molar-refractivity contribution in [1.82, 2.24) is 5.48 Å². The van der Waals surface area contributed by atoms with Crippen molar-refractivity contribution in [1.29, 1.82) is 0 Å². The van der Waals surface area contributed by atoms with E-state index in [1.807, 2.05) is 5.48 Å². The van der Waals surface area contributed by atoms with Crippen LogP contribution in [0.3, 0.4) is 0 Å². The van der Waals surface area contributed by atoms with Crippen LogP contribution in [-0.2, 0) is 9.63 Å². The van der Waals surface area contributed by atoms with E-state index in [4.69, 9.17) is 10.2 Å². The number of hydrogen-bond donors (Lipinski definition) is 2. The Morgan fingerprint density at radius 1 is 1.62 bits per heavy atom. The highest BCUT2D eigenvalue weighted by atomic mass is 16.7. The molecule has 70 valence electrons. The predicted octanol–water partition coefficient (Wildman–Crippen LogP) is -0.574. The molecule has 0 saturated carbocycles. The lowest BCUT2D eigenvalue weighted by Crippen LogP contribution is -2.29. The van der Waals surface area contributed by atoms with Crippen LogP contribution in [0, 0.1) is 0 Å². The zero-order valence-corrected chi connectivity index (χ0v) is 6.65. The van der Waals surface area contributed by atoms with Crippen molar-refractivity contribution in [2.75, 3.05) is 6.61 Å². The number of amides is 2. The predicted molar refractivity (Wildman–Crippen MR) is 41.3 cm³/mol. The highest BCUT2D eigenvalue weighted by Gasteiger charge is 2.07.